The van der Waals surface area contributed by atoms with Crippen molar-refractivity contribution < 1.29 is 19.8 Å². The Labute approximate surface area is 108 Å². The lowest BCUT2D eigenvalue weighted by atomic mass is 9.82. The number of hydrogen-bond donors (Lipinski definition) is 2. The van der Waals surface area contributed by atoms with Gasteiger partial charge >= 0.3 is 0 Å². The first kappa shape index (κ1) is 11.5. The Balaban J connectivity index is 2.36. The molecule has 4 nitrogen and oxygen atoms in total. The van der Waals surface area contributed by atoms with Crippen LogP contribution in [0.4, 0.5) is 0 Å². The van der Waals surface area contributed by atoms with Crippen LogP contribution < -0.4 is 0 Å². The van der Waals surface area contributed by atoms with Crippen LogP contribution in [0.3, 0.4) is 0 Å². The molecule has 4 heteroatoms. The van der Waals surface area contributed by atoms with Crippen LogP contribution in [0.25, 0.3) is 0 Å². The van der Waals surface area contributed by atoms with Crippen molar-refractivity contribution in [2.45, 2.75) is 6.92 Å². The molecular weight excluding hydrogens is 244 g/mol. The van der Waals surface area contributed by atoms with Crippen molar-refractivity contribution in [2.75, 3.05) is 0 Å². The lowest BCUT2D eigenvalue weighted by molar-refractivity contribution is 0.0978. The zero-order chi connectivity index (χ0) is 13.7. The van der Waals surface area contributed by atoms with Crippen LogP contribution >= 0.6 is 0 Å². The number of hydrogen-bond acceptors (Lipinski definition) is 4. The first-order valence-electron chi connectivity index (χ1n) is 5.75. The largest absolute Gasteiger partial charge is 0.508 e. The molecular formula is C15H10O4. The van der Waals surface area contributed by atoms with Gasteiger partial charge < -0.3 is 10.2 Å². The normalized spacial score (nSPS) is 13.1. The van der Waals surface area contributed by atoms with Crippen LogP contribution in [-0.2, 0) is 0 Å². The molecule has 2 N–H and O–H groups in total. The van der Waals surface area contributed by atoms with Gasteiger partial charge in [-0.05, 0) is 42.8 Å². The van der Waals surface area contributed by atoms with E-state index in [1.165, 1.54) is 30.3 Å². The maximum absolute atomic E-state index is 12.4. The van der Waals surface area contributed by atoms with Crippen LogP contribution in [0.5, 0.6) is 11.5 Å². The molecule has 0 bridgehead atoms. The summed E-state index contributed by atoms with van der Waals surface area (Å²) in [7, 11) is 0. The Morgan fingerprint density at radius 1 is 0.789 bits per heavy atom. The SMILES string of the molecule is Cc1cc(O)cc2c1C(=O)c1ccc(O)cc1C2=O. The molecule has 0 atom stereocenters. The summed E-state index contributed by atoms with van der Waals surface area (Å²) in [5.41, 5.74) is 1.51. The summed E-state index contributed by atoms with van der Waals surface area (Å²) in [6.45, 7) is 1.68. The minimum absolute atomic E-state index is 0.0546. The van der Waals surface area contributed by atoms with E-state index < -0.39 is 0 Å². The number of ketones is 2. The fraction of sp³-hybridized carbons (Fsp3) is 0.0667. The van der Waals surface area contributed by atoms with E-state index >= 15 is 0 Å². The molecule has 19 heavy (non-hydrogen) atoms. The molecule has 0 saturated heterocycles. The summed E-state index contributed by atoms with van der Waals surface area (Å²) < 4.78 is 0. The summed E-state index contributed by atoms with van der Waals surface area (Å²) >= 11 is 0. The molecule has 0 heterocycles. The summed E-state index contributed by atoms with van der Waals surface area (Å²) in [6, 6.07) is 6.84. The minimum Gasteiger partial charge on any atom is -0.508 e. The number of fused-ring (bicyclic) bond motifs is 2. The number of phenols is 2. The van der Waals surface area contributed by atoms with E-state index in [2.05, 4.69) is 0 Å². The van der Waals surface area contributed by atoms with Crippen LogP contribution in [0, 0.1) is 6.92 Å². The molecule has 0 aromatic heterocycles. The second-order valence-corrected chi connectivity index (χ2v) is 4.57. The standard InChI is InChI=1S/C15H10O4/c1-7-4-9(17)6-12-13(7)15(19)10-3-2-8(16)5-11(10)14(12)18/h2-6,16-17H,1H3. The Morgan fingerprint density at radius 2 is 1.47 bits per heavy atom. The van der Waals surface area contributed by atoms with Crippen LogP contribution in [0.1, 0.15) is 37.4 Å². The summed E-state index contributed by atoms with van der Waals surface area (Å²) in [5.74, 6) is -0.747. The van der Waals surface area contributed by atoms with Gasteiger partial charge in [0.15, 0.2) is 11.6 Å². The van der Waals surface area contributed by atoms with Gasteiger partial charge in [0, 0.05) is 22.3 Å². The number of aryl methyl sites for hydroxylation is 1. The van der Waals surface area contributed by atoms with E-state index in [4.69, 9.17) is 0 Å². The van der Waals surface area contributed by atoms with Crippen molar-refractivity contribution in [2.24, 2.45) is 0 Å². The van der Waals surface area contributed by atoms with Gasteiger partial charge in [-0.25, -0.2) is 0 Å². The number of rotatable bonds is 0. The molecule has 0 saturated carbocycles. The highest BCUT2D eigenvalue weighted by Crippen LogP contribution is 2.33. The summed E-state index contributed by atoms with van der Waals surface area (Å²) in [5, 5.41) is 19.0. The third-order valence-electron chi connectivity index (χ3n) is 3.28. The molecule has 0 radical (unpaired) electrons. The fourth-order valence-corrected chi connectivity index (χ4v) is 2.45. The van der Waals surface area contributed by atoms with Crippen molar-refractivity contribution in [1.29, 1.82) is 0 Å². The highest BCUT2D eigenvalue weighted by Gasteiger charge is 2.31. The number of phenolic OH excluding ortho intramolecular Hbond substituents is 2. The Morgan fingerprint density at radius 3 is 2.21 bits per heavy atom. The van der Waals surface area contributed by atoms with Gasteiger partial charge in [0.05, 0.1) is 0 Å². The van der Waals surface area contributed by atoms with Crippen LogP contribution in [0.2, 0.25) is 0 Å². The van der Waals surface area contributed by atoms with Gasteiger partial charge in [-0.15, -0.1) is 0 Å². The molecule has 1 aliphatic rings. The molecule has 0 aliphatic heterocycles. The Bertz CT molecular complexity index is 744. The van der Waals surface area contributed by atoms with Crippen molar-refractivity contribution in [3.63, 3.8) is 0 Å². The van der Waals surface area contributed by atoms with Gasteiger partial charge in [-0.1, -0.05) is 0 Å². The fourth-order valence-electron chi connectivity index (χ4n) is 2.45. The average molecular weight is 254 g/mol. The number of benzene rings is 2. The molecule has 0 spiro atoms. The molecule has 0 amide bonds. The van der Waals surface area contributed by atoms with E-state index in [9.17, 15) is 19.8 Å². The minimum atomic E-state index is -0.362. The quantitative estimate of drug-likeness (QED) is 0.644. The smallest absolute Gasteiger partial charge is 0.194 e. The number of aromatic hydroxyl groups is 2. The van der Waals surface area contributed by atoms with Crippen LogP contribution in [-0.4, -0.2) is 21.8 Å². The molecule has 0 unspecified atom stereocenters. The summed E-state index contributed by atoms with van der Waals surface area (Å²) in [6.07, 6.45) is 0. The van der Waals surface area contributed by atoms with E-state index in [0.29, 0.717) is 11.1 Å². The monoisotopic (exact) mass is 254 g/mol. The predicted octanol–water partition coefficient (Wildman–Crippen LogP) is 2.18. The van der Waals surface area contributed by atoms with Gasteiger partial charge in [0.1, 0.15) is 11.5 Å². The van der Waals surface area contributed by atoms with Gasteiger partial charge in [-0.3, -0.25) is 9.59 Å². The molecule has 0 fully saturated rings. The van der Waals surface area contributed by atoms with E-state index in [0.717, 1.165) is 0 Å². The van der Waals surface area contributed by atoms with E-state index in [-0.39, 0.29) is 39.8 Å². The highest BCUT2D eigenvalue weighted by atomic mass is 16.3. The third kappa shape index (κ3) is 1.53. The molecule has 2 aromatic carbocycles. The zero-order valence-electron chi connectivity index (χ0n) is 10.1. The third-order valence-corrected chi connectivity index (χ3v) is 3.28. The Hall–Kier alpha value is -2.62. The highest BCUT2D eigenvalue weighted by molar-refractivity contribution is 6.29. The Kier molecular flexibility index (Phi) is 2.22. The second-order valence-electron chi connectivity index (χ2n) is 4.57. The van der Waals surface area contributed by atoms with Gasteiger partial charge in [0.25, 0.3) is 0 Å². The maximum Gasteiger partial charge on any atom is 0.194 e. The molecule has 2 aromatic rings. The van der Waals surface area contributed by atoms with Crippen molar-refractivity contribution >= 4 is 11.6 Å². The van der Waals surface area contributed by atoms with Crippen LogP contribution in [0.15, 0.2) is 30.3 Å². The lowest BCUT2D eigenvalue weighted by Crippen LogP contribution is -2.21. The topological polar surface area (TPSA) is 74.6 Å². The number of carbonyl (C=O) groups excluding carboxylic acids is 2. The lowest BCUT2D eigenvalue weighted by Gasteiger charge is -2.19. The molecule has 94 valence electrons. The molecule has 1 aliphatic carbocycles. The average Bonchev–Trinajstić information content (AvgIpc) is 2.35. The first-order chi connectivity index (χ1) is 8.99. The second kappa shape index (κ2) is 3.68. The molecule has 3 rings (SSSR count). The van der Waals surface area contributed by atoms with E-state index in [1.54, 1.807) is 6.92 Å². The summed E-state index contributed by atoms with van der Waals surface area (Å²) in [4.78, 5) is 24.7. The van der Waals surface area contributed by atoms with Gasteiger partial charge in [0.2, 0.25) is 0 Å². The number of carbonyl (C=O) groups is 2. The van der Waals surface area contributed by atoms with Crippen molar-refractivity contribution in [3.8, 4) is 11.5 Å². The van der Waals surface area contributed by atoms with Crippen molar-refractivity contribution in [3.05, 3.63) is 58.1 Å². The predicted molar refractivity (Wildman–Crippen MR) is 67.8 cm³/mol. The van der Waals surface area contributed by atoms with Gasteiger partial charge in [-0.2, -0.15) is 0 Å². The maximum atomic E-state index is 12.4. The van der Waals surface area contributed by atoms with Crippen molar-refractivity contribution in [1.82, 2.24) is 0 Å². The van der Waals surface area contributed by atoms with E-state index in [1.807, 2.05) is 0 Å². The zero-order valence-corrected chi connectivity index (χ0v) is 10.1. The first-order valence-corrected chi connectivity index (χ1v) is 5.75.